The molecule has 1 heterocycles. The van der Waals surface area contributed by atoms with Gasteiger partial charge in [-0.2, -0.15) is 4.31 Å². The Morgan fingerprint density at radius 3 is 2.16 bits per heavy atom. The van der Waals surface area contributed by atoms with Crippen LogP contribution in [0.25, 0.3) is 0 Å². The highest BCUT2D eigenvalue weighted by atomic mass is 32.2. The third-order valence-electron chi connectivity index (χ3n) is 5.10. The molecule has 2 aromatic rings. The van der Waals surface area contributed by atoms with Crippen molar-refractivity contribution in [2.75, 3.05) is 26.2 Å². The molecule has 3 rings (SSSR count). The maximum absolute atomic E-state index is 13.9. The molecule has 0 spiro atoms. The number of carbonyl (C=O) groups excluding carboxylic acids is 2. The van der Waals surface area contributed by atoms with E-state index < -0.39 is 33.7 Å². The Balaban J connectivity index is 1.67. The fraction of sp³-hybridized carbons (Fsp3) is 0.333. The molecule has 0 radical (unpaired) electrons. The van der Waals surface area contributed by atoms with Gasteiger partial charge in [0.25, 0.3) is 0 Å². The van der Waals surface area contributed by atoms with E-state index in [2.05, 4.69) is 0 Å². The number of piperazine rings is 1. The quantitative estimate of drug-likeness (QED) is 0.652. The van der Waals surface area contributed by atoms with Gasteiger partial charge in [0.1, 0.15) is 17.7 Å². The standard InChI is InChI=1S/C21H22F2N2O5S/c1-14(19-8-5-17(22)13-20(19)23)30-21(27)16-3-6-18(7-4-16)31(28,29)25-11-9-24(10-12-25)15(2)26/h3-8,13-14H,9-12H2,1-2H3. The molecular weight excluding hydrogens is 430 g/mol. The van der Waals surface area contributed by atoms with Gasteiger partial charge in [0.05, 0.1) is 10.5 Å². The highest BCUT2D eigenvalue weighted by Crippen LogP contribution is 2.23. The summed E-state index contributed by atoms with van der Waals surface area (Å²) in [4.78, 5) is 25.3. The Labute approximate surface area is 179 Å². The number of sulfonamides is 1. The molecule has 1 saturated heterocycles. The molecule has 0 bridgehead atoms. The number of halogens is 2. The van der Waals surface area contributed by atoms with Crippen LogP contribution in [-0.4, -0.2) is 55.7 Å². The summed E-state index contributed by atoms with van der Waals surface area (Å²) in [6, 6.07) is 8.20. The zero-order valence-electron chi connectivity index (χ0n) is 17.0. The molecule has 0 N–H and O–H groups in total. The first-order chi connectivity index (χ1) is 14.6. The average molecular weight is 452 g/mol. The summed E-state index contributed by atoms with van der Waals surface area (Å²) in [6.07, 6.45) is -0.964. The molecule has 1 atom stereocenters. The minimum absolute atomic E-state index is 0.0120. The van der Waals surface area contributed by atoms with Crippen LogP contribution in [0.3, 0.4) is 0 Å². The number of esters is 1. The first-order valence-corrected chi connectivity index (χ1v) is 11.1. The molecule has 31 heavy (non-hydrogen) atoms. The zero-order chi connectivity index (χ0) is 22.8. The minimum atomic E-state index is -3.77. The van der Waals surface area contributed by atoms with Crippen molar-refractivity contribution in [2.24, 2.45) is 0 Å². The van der Waals surface area contributed by atoms with E-state index in [1.165, 1.54) is 48.5 Å². The molecule has 7 nitrogen and oxygen atoms in total. The second kappa shape index (κ2) is 9.11. The van der Waals surface area contributed by atoms with Crippen molar-refractivity contribution in [3.63, 3.8) is 0 Å². The van der Waals surface area contributed by atoms with Crippen molar-refractivity contribution in [1.29, 1.82) is 0 Å². The Morgan fingerprint density at radius 2 is 1.61 bits per heavy atom. The van der Waals surface area contributed by atoms with E-state index >= 15 is 0 Å². The summed E-state index contributed by atoms with van der Waals surface area (Å²) in [5.41, 5.74) is 0.119. The molecule has 1 unspecified atom stereocenters. The van der Waals surface area contributed by atoms with Gasteiger partial charge in [0.2, 0.25) is 15.9 Å². The number of hydrogen-bond donors (Lipinski definition) is 0. The first-order valence-electron chi connectivity index (χ1n) is 9.61. The van der Waals surface area contributed by atoms with E-state index in [1.54, 1.807) is 4.90 Å². The fourth-order valence-electron chi connectivity index (χ4n) is 3.28. The van der Waals surface area contributed by atoms with E-state index in [4.69, 9.17) is 4.74 Å². The Kier molecular flexibility index (Phi) is 6.71. The van der Waals surface area contributed by atoms with Crippen LogP contribution in [0.4, 0.5) is 8.78 Å². The number of nitrogens with zero attached hydrogens (tertiary/aromatic N) is 2. The largest absolute Gasteiger partial charge is 0.454 e. The summed E-state index contributed by atoms with van der Waals surface area (Å²) < 4.78 is 59.0. The third-order valence-corrected chi connectivity index (χ3v) is 7.01. The van der Waals surface area contributed by atoms with Crippen molar-refractivity contribution in [3.05, 3.63) is 65.2 Å². The summed E-state index contributed by atoms with van der Waals surface area (Å²) >= 11 is 0. The molecule has 2 aromatic carbocycles. The highest BCUT2D eigenvalue weighted by molar-refractivity contribution is 7.89. The average Bonchev–Trinajstić information content (AvgIpc) is 2.73. The lowest BCUT2D eigenvalue weighted by molar-refractivity contribution is -0.129. The highest BCUT2D eigenvalue weighted by Gasteiger charge is 2.29. The topological polar surface area (TPSA) is 84.0 Å². The van der Waals surface area contributed by atoms with Gasteiger partial charge in [0, 0.05) is 44.7 Å². The smallest absolute Gasteiger partial charge is 0.338 e. The van der Waals surface area contributed by atoms with Crippen LogP contribution in [0.1, 0.15) is 35.9 Å². The number of ether oxygens (including phenoxy) is 1. The van der Waals surface area contributed by atoms with E-state index in [-0.39, 0.29) is 35.0 Å². The fourth-order valence-corrected chi connectivity index (χ4v) is 4.70. The normalized spacial score (nSPS) is 16.1. The van der Waals surface area contributed by atoms with Gasteiger partial charge in [-0.25, -0.2) is 22.0 Å². The van der Waals surface area contributed by atoms with Gasteiger partial charge in [0.15, 0.2) is 0 Å². The van der Waals surface area contributed by atoms with Crippen LogP contribution < -0.4 is 0 Å². The van der Waals surface area contributed by atoms with Gasteiger partial charge in [-0.05, 0) is 43.3 Å². The molecule has 1 fully saturated rings. The van der Waals surface area contributed by atoms with Gasteiger partial charge >= 0.3 is 5.97 Å². The second-order valence-corrected chi connectivity index (χ2v) is 9.09. The number of rotatable bonds is 5. The SMILES string of the molecule is CC(=O)N1CCN(S(=O)(=O)c2ccc(C(=O)OC(C)c3ccc(F)cc3F)cc2)CC1. The Hall–Kier alpha value is -2.85. The van der Waals surface area contributed by atoms with Crippen LogP contribution >= 0.6 is 0 Å². The van der Waals surface area contributed by atoms with E-state index in [9.17, 15) is 26.8 Å². The van der Waals surface area contributed by atoms with Crippen LogP contribution in [0.15, 0.2) is 47.4 Å². The van der Waals surface area contributed by atoms with E-state index in [0.717, 1.165) is 6.07 Å². The molecular formula is C21H22F2N2O5S. The molecule has 166 valence electrons. The van der Waals surface area contributed by atoms with Crippen molar-refractivity contribution in [1.82, 2.24) is 9.21 Å². The Bertz CT molecular complexity index is 1080. The summed E-state index contributed by atoms with van der Waals surface area (Å²) in [6.45, 7) is 3.90. The lowest BCUT2D eigenvalue weighted by Crippen LogP contribution is -2.49. The predicted octanol–water partition coefficient (Wildman–Crippen LogP) is 2.74. The van der Waals surface area contributed by atoms with Gasteiger partial charge in [-0.1, -0.05) is 0 Å². The molecule has 1 aliphatic heterocycles. The molecule has 0 aliphatic carbocycles. The third kappa shape index (κ3) is 5.08. The lowest BCUT2D eigenvalue weighted by Gasteiger charge is -2.33. The van der Waals surface area contributed by atoms with Crippen LogP contribution in [0, 0.1) is 11.6 Å². The lowest BCUT2D eigenvalue weighted by atomic mass is 10.1. The second-order valence-electron chi connectivity index (χ2n) is 7.15. The minimum Gasteiger partial charge on any atom is -0.454 e. The molecule has 0 aromatic heterocycles. The Morgan fingerprint density at radius 1 is 1.00 bits per heavy atom. The number of hydrogen-bond acceptors (Lipinski definition) is 5. The summed E-state index contributed by atoms with van der Waals surface area (Å²) in [5.74, 6) is -2.43. The summed E-state index contributed by atoms with van der Waals surface area (Å²) in [7, 11) is -3.77. The first kappa shape index (κ1) is 22.8. The predicted molar refractivity (Wildman–Crippen MR) is 108 cm³/mol. The van der Waals surface area contributed by atoms with Crippen molar-refractivity contribution in [3.8, 4) is 0 Å². The van der Waals surface area contributed by atoms with Crippen molar-refractivity contribution < 1.29 is 31.5 Å². The van der Waals surface area contributed by atoms with Crippen LogP contribution in [0.2, 0.25) is 0 Å². The van der Waals surface area contributed by atoms with Gasteiger partial charge < -0.3 is 9.64 Å². The molecule has 10 heteroatoms. The molecule has 0 saturated carbocycles. The molecule has 1 aliphatic rings. The van der Waals surface area contributed by atoms with E-state index in [1.807, 2.05) is 0 Å². The van der Waals surface area contributed by atoms with E-state index in [0.29, 0.717) is 19.2 Å². The number of carbonyl (C=O) groups is 2. The summed E-state index contributed by atoms with van der Waals surface area (Å²) in [5, 5.41) is 0. The van der Waals surface area contributed by atoms with Crippen molar-refractivity contribution >= 4 is 21.9 Å². The number of benzene rings is 2. The van der Waals surface area contributed by atoms with Crippen LogP contribution in [-0.2, 0) is 19.6 Å². The molecule has 1 amide bonds. The maximum Gasteiger partial charge on any atom is 0.338 e. The monoisotopic (exact) mass is 452 g/mol. The van der Waals surface area contributed by atoms with Crippen molar-refractivity contribution in [2.45, 2.75) is 24.8 Å². The number of amides is 1. The maximum atomic E-state index is 13.9. The zero-order valence-corrected chi connectivity index (χ0v) is 17.9. The van der Waals surface area contributed by atoms with Gasteiger partial charge in [-0.3, -0.25) is 4.79 Å². The van der Waals surface area contributed by atoms with Crippen LogP contribution in [0.5, 0.6) is 0 Å². The van der Waals surface area contributed by atoms with Gasteiger partial charge in [-0.15, -0.1) is 0 Å².